The summed E-state index contributed by atoms with van der Waals surface area (Å²) >= 11 is 1.56. The van der Waals surface area contributed by atoms with E-state index in [2.05, 4.69) is 15.5 Å². The lowest BCUT2D eigenvalue weighted by atomic mass is 10.3. The molecule has 0 N–H and O–H groups in total. The average Bonchev–Trinajstić information content (AvgIpc) is 2.58. The lowest BCUT2D eigenvalue weighted by Crippen LogP contribution is -2.21. The molecule has 15 heavy (non-hydrogen) atoms. The molecule has 1 rings (SSSR count). The SMILES string of the molecule is CN(C)C(=O)CCCSc1nnnn1C. The standard InChI is InChI=1S/C8H15N5OS/c1-12(2)7(14)5-4-6-15-8-9-10-11-13(8)3/h4-6H2,1-3H3. The molecule has 0 unspecified atom stereocenters. The number of aryl methyl sites for hydroxylation is 1. The molecule has 0 saturated carbocycles. The predicted molar refractivity (Wildman–Crippen MR) is 57.5 cm³/mol. The van der Waals surface area contributed by atoms with Gasteiger partial charge < -0.3 is 4.90 Å². The van der Waals surface area contributed by atoms with Crippen LogP contribution in [0.1, 0.15) is 12.8 Å². The topological polar surface area (TPSA) is 63.9 Å². The van der Waals surface area contributed by atoms with Crippen molar-refractivity contribution in [2.45, 2.75) is 18.0 Å². The van der Waals surface area contributed by atoms with Crippen molar-refractivity contribution in [2.24, 2.45) is 7.05 Å². The molecule has 0 bridgehead atoms. The van der Waals surface area contributed by atoms with Gasteiger partial charge in [0.1, 0.15) is 0 Å². The van der Waals surface area contributed by atoms with E-state index in [1.807, 2.05) is 0 Å². The highest BCUT2D eigenvalue weighted by Gasteiger charge is 2.05. The Morgan fingerprint density at radius 1 is 1.53 bits per heavy atom. The minimum absolute atomic E-state index is 0.159. The van der Waals surface area contributed by atoms with Gasteiger partial charge in [0.15, 0.2) is 0 Å². The molecule has 0 aliphatic heterocycles. The van der Waals surface area contributed by atoms with Crippen LogP contribution in [0.5, 0.6) is 0 Å². The van der Waals surface area contributed by atoms with Crippen molar-refractivity contribution in [3.05, 3.63) is 0 Å². The minimum Gasteiger partial charge on any atom is -0.349 e. The number of thioether (sulfide) groups is 1. The van der Waals surface area contributed by atoms with Crippen molar-refractivity contribution < 1.29 is 4.79 Å². The predicted octanol–water partition coefficient (Wildman–Crippen LogP) is 0.171. The van der Waals surface area contributed by atoms with Crippen LogP contribution in [-0.4, -0.2) is 50.9 Å². The Morgan fingerprint density at radius 3 is 2.80 bits per heavy atom. The lowest BCUT2D eigenvalue weighted by Gasteiger charge is -2.08. The van der Waals surface area contributed by atoms with E-state index in [9.17, 15) is 4.79 Å². The van der Waals surface area contributed by atoms with Crippen LogP contribution in [0.15, 0.2) is 5.16 Å². The number of amides is 1. The van der Waals surface area contributed by atoms with Gasteiger partial charge in [0.25, 0.3) is 0 Å². The Labute approximate surface area is 93.0 Å². The Morgan fingerprint density at radius 2 is 2.27 bits per heavy atom. The number of carbonyl (C=O) groups excluding carboxylic acids is 1. The van der Waals surface area contributed by atoms with Crippen LogP contribution in [0.3, 0.4) is 0 Å². The molecule has 0 radical (unpaired) electrons. The molecular formula is C8H15N5OS. The first-order valence-electron chi connectivity index (χ1n) is 4.66. The molecule has 0 fully saturated rings. The summed E-state index contributed by atoms with van der Waals surface area (Å²) < 4.78 is 1.62. The van der Waals surface area contributed by atoms with Gasteiger partial charge in [0, 0.05) is 33.3 Å². The average molecular weight is 229 g/mol. The molecule has 1 aromatic rings. The lowest BCUT2D eigenvalue weighted by molar-refractivity contribution is -0.128. The van der Waals surface area contributed by atoms with Crippen molar-refractivity contribution in [1.29, 1.82) is 0 Å². The quantitative estimate of drug-likeness (QED) is 0.532. The van der Waals surface area contributed by atoms with E-state index in [1.54, 1.807) is 42.5 Å². The third-order valence-electron chi connectivity index (χ3n) is 1.85. The molecular weight excluding hydrogens is 214 g/mol. The Hall–Kier alpha value is -1.11. The maximum Gasteiger partial charge on any atom is 0.222 e. The van der Waals surface area contributed by atoms with Crippen molar-refractivity contribution in [2.75, 3.05) is 19.8 Å². The van der Waals surface area contributed by atoms with Crippen LogP contribution in [0, 0.1) is 0 Å². The molecule has 0 aliphatic rings. The van der Waals surface area contributed by atoms with Crippen molar-refractivity contribution >= 4 is 17.7 Å². The maximum atomic E-state index is 11.2. The Balaban J connectivity index is 2.18. The smallest absolute Gasteiger partial charge is 0.222 e. The van der Waals surface area contributed by atoms with Gasteiger partial charge in [-0.05, 0) is 16.8 Å². The van der Waals surface area contributed by atoms with E-state index in [1.165, 1.54) is 0 Å². The van der Waals surface area contributed by atoms with Crippen LogP contribution in [0.4, 0.5) is 0 Å². The first-order valence-corrected chi connectivity index (χ1v) is 5.65. The molecule has 0 aliphatic carbocycles. The number of carbonyl (C=O) groups is 1. The van der Waals surface area contributed by atoms with E-state index in [0.29, 0.717) is 6.42 Å². The molecule has 0 atom stereocenters. The van der Waals surface area contributed by atoms with Crippen molar-refractivity contribution in [3.63, 3.8) is 0 Å². The number of hydrogen-bond acceptors (Lipinski definition) is 5. The van der Waals surface area contributed by atoms with Crippen LogP contribution < -0.4 is 0 Å². The zero-order valence-corrected chi connectivity index (χ0v) is 9.99. The van der Waals surface area contributed by atoms with Gasteiger partial charge >= 0.3 is 0 Å². The van der Waals surface area contributed by atoms with Crippen molar-refractivity contribution in [1.82, 2.24) is 25.1 Å². The first kappa shape index (κ1) is 12.0. The molecule has 1 aromatic heterocycles. The monoisotopic (exact) mass is 229 g/mol. The summed E-state index contributed by atoms with van der Waals surface area (Å²) in [5, 5.41) is 11.9. The van der Waals surface area contributed by atoms with Crippen LogP contribution in [0.25, 0.3) is 0 Å². The Bertz CT molecular complexity index is 325. The molecule has 0 aromatic carbocycles. The second-order valence-electron chi connectivity index (χ2n) is 3.33. The fraction of sp³-hybridized carbons (Fsp3) is 0.750. The summed E-state index contributed by atoms with van der Waals surface area (Å²) in [6.45, 7) is 0. The number of hydrogen-bond donors (Lipinski definition) is 0. The number of nitrogens with zero attached hydrogens (tertiary/aromatic N) is 5. The third-order valence-corrected chi connectivity index (χ3v) is 2.94. The molecule has 6 nitrogen and oxygen atoms in total. The number of tetrazole rings is 1. The fourth-order valence-corrected chi connectivity index (χ4v) is 1.74. The van der Waals surface area contributed by atoms with E-state index < -0.39 is 0 Å². The van der Waals surface area contributed by atoms with E-state index in [0.717, 1.165) is 17.3 Å². The highest BCUT2D eigenvalue weighted by Crippen LogP contribution is 2.14. The summed E-state index contributed by atoms with van der Waals surface area (Å²) in [7, 11) is 5.33. The Kier molecular flexibility index (Phi) is 4.54. The van der Waals surface area contributed by atoms with Gasteiger partial charge in [0.2, 0.25) is 11.1 Å². The van der Waals surface area contributed by atoms with E-state index in [-0.39, 0.29) is 5.91 Å². The summed E-state index contributed by atoms with van der Waals surface area (Å²) in [6.07, 6.45) is 1.42. The van der Waals surface area contributed by atoms with Gasteiger partial charge in [-0.3, -0.25) is 4.79 Å². The highest BCUT2D eigenvalue weighted by molar-refractivity contribution is 7.99. The largest absolute Gasteiger partial charge is 0.349 e. The fourth-order valence-electron chi connectivity index (χ4n) is 0.954. The summed E-state index contributed by atoms with van der Waals surface area (Å²) in [5.41, 5.74) is 0. The maximum absolute atomic E-state index is 11.2. The second-order valence-corrected chi connectivity index (χ2v) is 4.39. The summed E-state index contributed by atoms with van der Waals surface area (Å²) in [4.78, 5) is 12.8. The molecule has 1 heterocycles. The van der Waals surface area contributed by atoms with Crippen LogP contribution in [-0.2, 0) is 11.8 Å². The van der Waals surface area contributed by atoms with Gasteiger partial charge in [0.05, 0.1) is 0 Å². The van der Waals surface area contributed by atoms with Gasteiger partial charge in [-0.1, -0.05) is 11.8 Å². The molecule has 0 spiro atoms. The van der Waals surface area contributed by atoms with Crippen LogP contribution >= 0.6 is 11.8 Å². The van der Waals surface area contributed by atoms with E-state index >= 15 is 0 Å². The molecule has 1 amide bonds. The van der Waals surface area contributed by atoms with E-state index in [4.69, 9.17) is 0 Å². The van der Waals surface area contributed by atoms with Gasteiger partial charge in [-0.15, -0.1) is 5.10 Å². The normalized spacial score (nSPS) is 10.3. The van der Waals surface area contributed by atoms with Crippen molar-refractivity contribution in [3.8, 4) is 0 Å². The number of aromatic nitrogens is 4. The van der Waals surface area contributed by atoms with Gasteiger partial charge in [-0.25, -0.2) is 4.68 Å². The summed E-state index contributed by atoms with van der Waals surface area (Å²) in [6, 6.07) is 0. The number of rotatable bonds is 5. The summed E-state index contributed by atoms with van der Waals surface area (Å²) in [5.74, 6) is 1.01. The highest BCUT2D eigenvalue weighted by atomic mass is 32.2. The zero-order valence-electron chi connectivity index (χ0n) is 9.17. The zero-order chi connectivity index (χ0) is 11.3. The van der Waals surface area contributed by atoms with Crippen LogP contribution in [0.2, 0.25) is 0 Å². The molecule has 0 saturated heterocycles. The first-order chi connectivity index (χ1) is 7.11. The minimum atomic E-state index is 0.159. The van der Waals surface area contributed by atoms with Gasteiger partial charge in [-0.2, -0.15) is 0 Å². The molecule has 7 heteroatoms. The molecule has 84 valence electrons. The third kappa shape index (κ3) is 3.86. The second kappa shape index (κ2) is 5.69.